The molecule has 1 nitrogen and oxygen atoms in total. The Morgan fingerprint density at radius 3 is 2.06 bits per heavy atom. The third kappa shape index (κ3) is 1.59. The van der Waals surface area contributed by atoms with Crippen LogP contribution in [0.1, 0.15) is 51.9 Å². The molecule has 0 radical (unpaired) electrons. The highest BCUT2D eigenvalue weighted by Crippen LogP contribution is 2.61. The van der Waals surface area contributed by atoms with Gasteiger partial charge < -0.3 is 5.11 Å². The van der Waals surface area contributed by atoms with Gasteiger partial charge in [0.2, 0.25) is 0 Å². The molecular weight excluding hydrogens is 196 g/mol. The van der Waals surface area contributed by atoms with E-state index in [1.807, 2.05) is 6.92 Å². The Labute approximate surface area is 98.6 Å². The average Bonchev–Trinajstić information content (AvgIpc) is 2.24. The maximum absolute atomic E-state index is 10.4. The van der Waals surface area contributed by atoms with E-state index < -0.39 is 0 Å². The van der Waals surface area contributed by atoms with Gasteiger partial charge in [0.1, 0.15) is 0 Å². The summed E-state index contributed by atoms with van der Waals surface area (Å²) in [7, 11) is 0. The molecule has 0 heterocycles. The molecule has 0 aromatic heterocycles. The molecule has 88 valence electrons. The molecule has 1 atom stereocenters. The Kier molecular flexibility index (Phi) is 2.51. The smallest absolute Gasteiger partial charge is 0.0705 e. The second kappa shape index (κ2) is 3.77. The van der Waals surface area contributed by atoms with Crippen LogP contribution in [0.15, 0.2) is 0 Å². The number of rotatable bonds is 2. The predicted molar refractivity (Wildman–Crippen MR) is 64.7 cm³/mol. The lowest BCUT2D eigenvalue weighted by atomic mass is 9.48. The Hall–Kier alpha value is -0.480. The molecule has 1 heteroatoms. The van der Waals surface area contributed by atoms with Crippen molar-refractivity contribution in [2.45, 2.75) is 58.0 Å². The van der Waals surface area contributed by atoms with Crippen LogP contribution < -0.4 is 0 Å². The molecule has 4 fully saturated rings. The fourth-order valence-corrected chi connectivity index (χ4v) is 5.00. The molecule has 0 aromatic rings. The van der Waals surface area contributed by atoms with Crippen molar-refractivity contribution in [2.75, 3.05) is 0 Å². The number of aliphatic hydroxyl groups is 1. The van der Waals surface area contributed by atoms with Crippen LogP contribution in [-0.4, -0.2) is 11.2 Å². The van der Waals surface area contributed by atoms with Gasteiger partial charge in [0.15, 0.2) is 0 Å². The van der Waals surface area contributed by atoms with Crippen molar-refractivity contribution < 1.29 is 5.11 Å². The summed E-state index contributed by atoms with van der Waals surface area (Å²) in [5.41, 5.74) is 0.262. The molecule has 4 aliphatic rings. The van der Waals surface area contributed by atoms with Gasteiger partial charge in [0, 0.05) is 6.42 Å². The minimum atomic E-state index is -0.159. The van der Waals surface area contributed by atoms with Crippen LogP contribution in [0.25, 0.3) is 0 Å². The topological polar surface area (TPSA) is 20.2 Å². The second-order valence-electron chi connectivity index (χ2n) is 6.43. The number of hydrogen-bond donors (Lipinski definition) is 1. The van der Waals surface area contributed by atoms with E-state index in [9.17, 15) is 5.11 Å². The minimum absolute atomic E-state index is 0.159. The van der Waals surface area contributed by atoms with Gasteiger partial charge in [-0.05, 0) is 68.6 Å². The number of aliphatic hydroxyl groups excluding tert-OH is 1. The fourth-order valence-electron chi connectivity index (χ4n) is 5.00. The molecule has 4 saturated carbocycles. The summed E-state index contributed by atoms with van der Waals surface area (Å²) >= 11 is 0. The predicted octanol–water partition coefficient (Wildman–Crippen LogP) is 2.98. The normalized spacial score (nSPS) is 46.2. The standard InChI is InChI=1S/C15H22O/c1-2-3-4-14(16)15-8-11-5-12(9-15)7-13(6-11)10-15/h11-14,16H,4-10H2,1H3. The summed E-state index contributed by atoms with van der Waals surface area (Å²) in [5.74, 6) is 8.77. The lowest BCUT2D eigenvalue weighted by Crippen LogP contribution is -2.51. The highest BCUT2D eigenvalue weighted by atomic mass is 16.3. The van der Waals surface area contributed by atoms with Gasteiger partial charge in [-0.15, -0.1) is 11.8 Å². The van der Waals surface area contributed by atoms with Crippen molar-refractivity contribution >= 4 is 0 Å². The van der Waals surface area contributed by atoms with E-state index in [0.717, 1.165) is 17.8 Å². The van der Waals surface area contributed by atoms with E-state index in [4.69, 9.17) is 0 Å². The Bertz CT molecular complexity index is 298. The summed E-state index contributed by atoms with van der Waals surface area (Å²) in [4.78, 5) is 0. The van der Waals surface area contributed by atoms with E-state index >= 15 is 0 Å². The maximum Gasteiger partial charge on any atom is 0.0705 e. The van der Waals surface area contributed by atoms with Gasteiger partial charge in [0.05, 0.1) is 6.10 Å². The summed E-state index contributed by atoms with van der Waals surface area (Å²) < 4.78 is 0. The monoisotopic (exact) mass is 218 g/mol. The van der Waals surface area contributed by atoms with Gasteiger partial charge >= 0.3 is 0 Å². The first-order valence-electron chi connectivity index (χ1n) is 6.79. The fraction of sp³-hybridized carbons (Fsp3) is 0.867. The van der Waals surface area contributed by atoms with Crippen molar-refractivity contribution in [1.29, 1.82) is 0 Å². The molecule has 4 rings (SSSR count). The van der Waals surface area contributed by atoms with Crippen molar-refractivity contribution in [3.05, 3.63) is 0 Å². The Balaban J connectivity index is 1.79. The molecule has 0 aliphatic heterocycles. The zero-order chi connectivity index (χ0) is 11.2. The van der Waals surface area contributed by atoms with Crippen LogP contribution in [-0.2, 0) is 0 Å². The summed E-state index contributed by atoms with van der Waals surface area (Å²) in [6.45, 7) is 1.87. The quantitative estimate of drug-likeness (QED) is 0.706. The second-order valence-corrected chi connectivity index (χ2v) is 6.43. The minimum Gasteiger partial charge on any atom is -0.392 e. The maximum atomic E-state index is 10.4. The lowest BCUT2D eigenvalue weighted by molar-refractivity contribution is -0.118. The Morgan fingerprint density at radius 1 is 1.12 bits per heavy atom. The van der Waals surface area contributed by atoms with E-state index in [-0.39, 0.29) is 11.5 Å². The highest BCUT2D eigenvalue weighted by molar-refractivity contribution is 5.07. The molecule has 16 heavy (non-hydrogen) atoms. The van der Waals surface area contributed by atoms with E-state index in [1.54, 1.807) is 0 Å². The number of hydrogen-bond acceptors (Lipinski definition) is 1. The van der Waals surface area contributed by atoms with Crippen LogP contribution >= 0.6 is 0 Å². The first-order chi connectivity index (χ1) is 7.72. The van der Waals surface area contributed by atoms with Crippen LogP contribution in [0.4, 0.5) is 0 Å². The zero-order valence-electron chi connectivity index (χ0n) is 10.2. The summed E-state index contributed by atoms with van der Waals surface area (Å²) in [5, 5.41) is 10.4. The molecule has 0 amide bonds. The van der Waals surface area contributed by atoms with Crippen LogP contribution in [0.5, 0.6) is 0 Å². The first-order valence-corrected chi connectivity index (χ1v) is 6.79. The Morgan fingerprint density at radius 2 is 1.62 bits per heavy atom. The van der Waals surface area contributed by atoms with Crippen LogP contribution in [0.2, 0.25) is 0 Å². The average molecular weight is 218 g/mol. The van der Waals surface area contributed by atoms with E-state index in [2.05, 4.69) is 11.8 Å². The molecule has 0 aromatic carbocycles. The summed E-state index contributed by atoms with van der Waals surface area (Å²) in [6.07, 6.45) is 8.74. The van der Waals surface area contributed by atoms with Crippen molar-refractivity contribution in [3.63, 3.8) is 0 Å². The third-order valence-electron chi connectivity index (χ3n) is 5.26. The molecule has 0 saturated heterocycles. The van der Waals surface area contributed by atoms with Gasteiger partial charge in [0.25, 0.3) is 0 Å². The molecule has 0 spiro atoms. The van der Waals surface area contributed by atoms with Gasteiger partial charge in [-0.1, -0.05) is 0 Å². The van der Waals surface area contributed by atoms with E-state index in [1.165, 1.54) is 38.5 Å². The largest absolute Gasteiger partial charge is 0.392 e. The van der Waals surface area contributed by atoms with E-state index in [0.29, 0.717) is 6.42 Å². The van der Waals surface area contributed by atoms with Crippen LogP contribution in [0, 0.1) is 35.0 Å². The summed E-state index contributed by atoms with van der Waals surface area (Å²) in [6, 6.07) is 0. The van der Waals surface area contributed by atoms with Gasteiger partial charge in [-0.2, -0.15) is 0 Å². The SMILES string of the molecule is CC#CCC(O)C12CC3CC(CC(C3)C1)C2. The molecular formula is C15H22O. The molecule has 4 aliphatic carbocycles. The zero-order valence-corrected chi connectivity index (χ0v) is 10.2. The highest BCUT2D eigenvalue weighted by Gasteiger charge is 2.53. The molecule has 1 N–H and O–H groups in total. The third-order valence-corrected chi connectivity index (χ3v) is 5.26. The van der Waals surface area contributed by atoms with Gasteiger partial charge in [-0.3, -0.25) is 0 Å². The first kappa shape index (κ1) is 10.7. The molecule has 1 unspecified atom stereocenters. The van der Waals surface area contributed by atoms with Crippen molar-refractivity contribution in [2.24, 2.45) is 23.2 Å². The van der Waals surface area contributed by atoms with Crippen molar-refractivity contribution in [3.8, 4) is 11.8 Å². The van der Waals surface area contributed by atoms with Gasteiger partial charge in [-0.25, -0.2) is 0 Å². The lowest BCUT2D eigenvalue weighted by Gasteiger charge is -2.58. The molecule has 4 bridgehead atoms. The van der Waals surface area contributed by atoms with Crippen LogP contribution in [0.3, 0.4) is 0 Å². The van der Waals surface area contributed by atoms with Crippen molar-refractivity contribution in [1.82, 2.24) is 0 Å².